The second-order valence-electron chi connectivity index (χ2n) is 5.10. The lowest BCUT2D eigenvalue weighted by Crippen LogP contribution is -2.16. The van der Waals surface area contributed by atoms with Crippen LogP contribution >= 0.6 is 11.6 Å². The molecule has 0 saturated carbocycles. The van der Waals surface area contributed by atoms with Crippen LogP contribution < -0.4 is 4.74 Å². The highest BCUT2D eigenvalue weighted by Crippen LogP contribution is 2.37. The van der Waals surface area contributed by atoms with Crippen molar-refractivity contribution in [2.45, 2.75) is 6.18 Å². The number of carbonyl (C=O) groups is 2. The quantitative estimate of drug-likeness (QED) is 0.339. The third kappa shape index (κ3) is 4.96. The standard InChI is InChI=1S/C16H9ClF3NO7/c17-11-5-8(16(18,19)20)1-4-13(11)27-9-2-3-12(21(25)26)10(6-9)15(24)28-14(23)7-22/h1-6,22H,7H2. The molecule has 0 heterocycles. The zero-order valence-electron chi connectivity index (χ0n) is 13.5. The van der Waals surface area contributed by atoms with E-state index in [2.05, 4.69) is 4.74 Å². The molecule has 28 heavy (non-hydrogen) atoms. The van der Waals surface area contributed by atoms with E-state index in [1.165, 1.54) is 0 Å². The molecule has 0 aliphatic heterocycles. The summed E-state index contributed by atoms with van der Waals surface area (Å²) in [7, 11) is 0. The predicted molar refractivity (Wildman–Crippen MR) is 87.1 cm³/mol. The fourth-order valence-corrected chi connectivity index (χ4v) is 2.20. The molecule has 0 aliphatic carbocycles. The molecule has 2 rings (SSSR count). The van der Waals surface area contributed by atoms with Gasteiger partial charge in [0.2, 0.25) is 0 Å². The van der Waals surface area contributed by atoms with E-state index in [-0.39, 0.29) is 11.5 Å². The van der Waals surface area contributed by atoms with Crippen molar-refractivity contribution >= 4 is 29.2 Å². The van der Waals surface area contributed by atoms with Crippen molar-refractivity contribution in [1.29, 1.82) is 0 Å². The van der Waals surface area contributed by atoms with Crippen LogP contribution in [0, 0.1) is 10.1 Å². The van der Waals surface area contributed by atoms with Gasteiger partial charge in [0.15, 0.2) is 0 Å². The average Bonchev–Trinajstić information content (AvgIpc) is 2.62. The molecule has 0 atom stereocenters. The average molecular weight is 420 g/mol. The maximum absolute atomic E-state index is 12.7. The van der Waals surface area contributed by atoms with Gasteiger partial charge in [-0.2, -0.15) is 13.2 Å². The van der Waals surface area contributed by atoms with Crippen LogP contribution in [0.25, 0.3) is 0 Å². The Bertz CT molecular complexity index is 946. The third-order valence-corrected chi connectivity index (χ3v) is 3.50. The van der Waals surface area contributed by atoms with Gasteiger partial charge in [-0.15, -0.1) is 0 Å². The number of alkyl halides is 3. The van der Waals surface area contributed by atoms with E-state index in [1.54, 1.807) is 0 Å². The second-order valence-corrected chi connectivity index (χ2v) is 5.51. The molecule has 0 spiro atoms. The number of aliphatic hydroxyl groups is 1. The summed E-state index contributed by atoms with van der Waals surface area (Å²) in [6, 6.07) is 5.04. The van der Waals surface area contributed by atoms with E-state index >= 15 is 0 Å². The topological polar surface area (TPSA) is 116 Å². The number of hydrogen-bond acceptors (Lipinski definition) is 7. The normalized spacial score (nSPS) is 11.0. The van der Waals surface area contributed by atoms with Gasteiger partial charge in [-0.3, -0.25) is 10.1 Å². The van der Waals surface area contributed by atoms with Crippen molar-refractivity contribution in [3.63, 3.8) is 0 Å². The first-order valence-corrected chi connectivity index (χ1v) is 7.59. The van der Waals surface area contributed by atoms with E-state index in [0.29, 0.717) is 12.1 Å². The van der Waals surface area contributed by atoms with E-state index in [9.17, 15) is 32.9 Å². The Morgan fingerprint density at radius 2 is 1.86 bits per heavy atom. The summed E-state index contributed by atoms with van der Waals surface area (Å²) < 4.78 is 47.5. The zero-order valence-corrected chi connectivity index (χ0v) is 14.3. The van der Waals surface area contributed by atoms with Crippen LogP contribution in [0.3, 0.4) is 0 Å². The highest BCUT2D eigenvalue weighted by atomic mass is 35.5. The van der Waals surface area contributed by atoms with Crippen LogP contribution in [0.15, 0.2) is 36.4 Å². The number of rotatable bonds is 5. The Hall–Kier alpha value is -3.18. The first kappa shape index (κ1) is 21.1. The molecule has 1 N–H and O–H groups in total. The Labute approximate surface area is 159 Å². The highest BCUT2D eigenvalue weighted by Gasteiger charge is 2.31. The van der Waals surface area contributed by atoms with Crippen LogP contribution in [0.1, 0.15) is 15.9 Å². The van der Waals surface area contributed by atoms with E-state index in [1.807, 2.05) is 0 Å². The van der Waals surface area contributed by atoms with Gasteiger partial charge in [-0.1, -0.05) is 11.6 Å². The molecule has 0 unspecified atom stereocenters. The van der Waals surface area contributed by atoms with Gasteiger partial charge in [0.25, 0.3) is 5.69 Å². The molecule has 0 fully saturated rings. The number of carbonyl (C=O) groups excluding carboxylic acids is 2. The highest BCUT2D eigenvalue weighted by molar-refractivity contribution is 6.32. The molecule has 2 aromatic carbocycles. The van der Waals surface area contributed by atoms with Gasteiger partial charge < -0.3 is 14.6 Å². The lowest BCUT2D eigenvalue weighted by molar-refractivity contribution is -0.385. The number of hydrogen-bond donors (Lipinski definition) is 1. The molecular weight excluding hydrogens is 411 g/mol. The summed E-state index contributed by atoms with van der Waals surface area (Å²) >= 11 is 5.76. The molecule has 148 valence electrons. The SMILES string of the molecule is O=C(CO)OC(=O)c1cc(Oc2ccc(C(F)(F)F)cc2Cl)ccc1[N+](=O)[O-]. The van der Waals surface area contributed by atoms with Crippen molar-refractivity contribution < 1.29 is 42.3 Å². The number of esters is 2. The fraction of sp³-hybridized carbons (Fsp3) is 0.125. The molecule has 8 nitrogen and oxygen atoms in total. The lowest BCUT2D eigenvalue weighted by atomic mass is 10.1. The summed E-state index contributed by atoms with van der Waals surface area (Å²) in [4.78, 5) is 33.0. The summed E-state index contributed by atoms with van der Waals surface area (Å²) in [5.74, 6) is -3.17. The van der Waals surface area contributed by atoms with Gasteiger partial charge in [0.05, 0.1) is 15.5 Å². The molecule has 2 aromatic rings. The Morgan fingerprint density at radius 3 is 2.39 bits per heavy atom. The van der Waals surface area contributed by atoms with Gasteiger partial charge >= 0.3 is 18.1 Å². The second kappa shape index (κ2) is 8.23. The Balaban J connectivity index is 2.37. The summed E-state index contributed by atoms with van der Waals surface area (Å²) in [5.41, 5.74) is -2.41. The van der Waals surface area contributed by atoms with E-state index in [0.717, 1.165) is 24.3 Å². The van der Waals surface area contributed by atoms with Crippen LogP contribution in [0.2, 0.25) is 5.02 Å². The molecule has 0 aromatic heterocycles. The van der Waals surface area contributed by atoms with Crippen LogP contribution in [-0.2, 0) is 15.7 Å². The van der Waals surface area contributed by atoms with Gasteiger partial charge in [0, 0.05) is 12.1 Å². The molecule has 0 radical (unpaired) electrons. The molecule has 0 aliphatic rings. The monoisotopic (exact) mass is 419 g/mol. The van der Waals surface area contributed by atoms with Crippen LogP contribution in [0.4, 0.5) is 18.9 Å². The van der Waals surface area contributed by atoms with E-state index < -0.39 is 51.5 Å². The first-order valence-electron chi connectivity index (χ1n) is 7.22. The van der Waals surface area contributed by atoms with Crippen LogP contribution in [0.5, 0.6) is 11.5 Å². The van der Waals surface area contributed by atoms with Crippen molar-refractivity contribution in [2.75, 3.05) is 6.61 Å². The maximum Gasteiger partial charge on any atom is 0.416 e. The van der Waals surface area contributed by atoms with Crippen molar-refractivity contribution in [1.82, 2.24) is 0 Å². The predicted octanol–water partition coefficient (Wildman–Crippen LogP) is 3.74. The summed E-state index contributed by atoms with van der Waals surface area (Å²) in [5, 5.41) is 19.2. The maximum atomic E-state index is 12.7. The molecule has 12 heteroatoms. The molecule has 0 amide bonds. The zero-order chi connectivity index (χ0) is 21.1. The smallest absolute Gasteiger partial charge is 0.416 e. The lowest BCUT2D eigenvalue weighted by Gasteiger charge is -2.12. The van der Waals surface area contributed by atoms with Gasteiger partial charge in [-0.05, 0) is 24.3 Å². The van der Waals surface area contributed by atoms with Gasteiger partial charge in [-0.25, -0.2) is 9.59 Å². The number of nitro benzene ring substituents is 1. The number of halogens is 4. The summed E-state index contributed by atoms with van der Waals surface area (Å²) in [6.45, 7) is -1.13. The Morgan fingerprint density at radius 1 is 1.18 bits per heavy atom. The minimum atomic E-state index is -4.62. The minimum Gasteiger partial charge on any atom is -0.456 e. The number of aliphatic hydroxyl groups excluding tert-OH is 1. The largest absolute Gasteiger partial charge is 0.456 e. The van der Waals surface area contributed by atoms with Gasteiger partial charge in [0.1, 0.15) is 23.7 Å². The Kier molecular flexibility index (Phi) is 6.21. The number of nitro groups is 1. The number of ether oxygens (including phenoxy) is 2. The molecule has 0 bridgehead atoms. The molecular formula is C16H9ClF3NO7. The van der Waals surface area contributed by atoms with E-state index in [4.69, 9.17) is 21.4 Å². The third-order valence-electron chi connectivity index (χ3n) is 3.21. The number of nitrogens with zero attached hydrogens (tertiary/aromatic N) is 1. The summed E-state index contributed by atoms with van der Waals surface area (Å²) in [6.07, 6.45) is -4.62. The molecule has 0 saturated heterocycles. The van der Waals surface area contributed by atoms with Crippen molar-refractivity contribution in [3.05, 3.63) is 62.7 Å². The first-order chi connectivity index (χ1) is 13.0. The van der Waals surface area contributed by atoms with Crippen molar-refractivity contribution in [2.24, 2.45) is 0 Å². The van der Waals surface area contributed by atoms with Crippen LogP contribution in [-0.4, -0.2) is 28.6 Å². The number of benzene rings is 2. The fourth-order valence-electron chi connectivity index (χ4n) is 1.98. The minimum absolute atomic E-state index is 0.198. The van der Waals surface area contributed by atoms with Crippen molar-refractivity contribution in [3.8, 4) is 11.5 Å².